The summed E-state index contributed by atoms with van der Waals surface area (Å²) in [5, 5.41) is 6.57. The van der Waals surface area contributed by atoms with Crippen molar-refractivity contribution in [1.29, 1.82) is 0 Å². The number of anilines is 2. The first-order valence-electron chi connectivity index (χ1n) is 6.59. The van der Waals surface area contributed by atoms with Crippen LogP contribution in [-0.4, -0.2) is 49.0 Å². The van der Waals surface area contributed by atoms with Gasteiger partial charge in [0.1, 0.15) is 12.0 Å². The Kier molecular flexibility index (Phi) is 3.56. The average molecular weight is 249 g/mol. The van der Waals surface area contributed by atoms with Crippen LogP contribution in [0.5, 0.6) is 0 Å². The number of hydrogen-bond donors (Lipinski definition) is 2. The zero-order chi connectivity index (χ0) is 12.2. The normalized spacial score (nSPS) is 24.2. The number of piperazine rings is 1. The van der Waals surface area contributed by atoms with Gasteiger partial charge in [0.25, 0.3) is 0 Å². The Labute approximate surface area is 107 Å². The maximum absolute atomic E-state index is 5.53. The fraction of sp³-hybridized carbons (Fsp3) is 0.667. The molecule has 0 spiro atoms. The average Bonchev–Trinajstić information content (AvgIpc) is 2.93. The molecular formula is C12H19N5O. The van der Waals surface area contributed by atoms with E-state index in [1.165, 1.54) is 0 Å². The molecule has 2 saturated heterocycles. The second-order valence-corrected chi connectivity index (χ2v) is 4.62. The monoisotopic (exact) mass is 249 g/mol. The molecular weight excluding hydrogens is 230 g/mol. The topological polar surface area (TPSA) is 62.3 Å². The van der Waals surface area contributed by atoms with E-state index < -0.39 is 0 Å². The van der Waals surface area contributed by atoms with E-state index in [2.05, 4.69) is 25.5 Å². The SMILES string of the molecule is c1cc(N2CCNCC2)nc(NC2CCCO2)n1. The summed E-state index contributed by atoms with van der Waals surface area (Å²) >= 11 is 0. The molecule has 0 amide bonds. The molecule has 0 aromatic carbocycles. The predicted octanol–water partition coefficient (Wildman–Crippen LogP) is 0.435. The van der Waals surface area contributed by atoms with E-state index in [0.717, 1.165) is 51.4 Å². The number of hydrogen-bond acceptors (Lipinski definition) is 6. The van der Waals surface area contributed by atoms with Crippen molar-refractivity contribution in [3.8, 4) is 0 Å². The van der Waals surface area contributed by atoms with Crippen molar-refractivity contribution in [3.05, 3.63) is 12.3 Å². The van der Waals surface area contributed by atoms with Gasteiger partial charge >= 0.3 is 0 Å². The predicted molar refractivity (Wildman–Crippen MR) is 69.7 cm³/mol. The van der Waals surface area contributed by atoms with Gasteiger partial charge < -0.3 is 20.3 Å². The second-order valence-electron chi connectivity index (χ2n) is 4.62. The Morgan fingerprint density at radius 2 is 2.28 bits per heavy atom. The number of nitrogens with zero attached hydrogens (tertiary/aromatic N) is 3. The smallest absolute Gasteiger partial charge is 0.226 e. The van der Waals surface area contributed by atoms with Crippen LogP contribution < -0.4 is 15.5 Å². The lowest BCUT2D eigenvalue weighted by Gasteiger charge is -2.28. The molecule has 0 saturated carbocycles. The van der Waals surface area contributed by atoms with Crippen LogP contribution in [0.25, 0.3) is 0 Å². The van der Waals surface area contributed by atoms with Gasteiger partial charge in [-0.15, -0.1) is 0 Å². The summed E-state index contributed by atoms with van der Waals surface area (Å²) in [5.74, 6) is 1.66. The van der Waals surface area contributed by atoms with Crippen LogP contribution in [0.2, 0.25) is 0 Å². The molecule has 3 heterocycles. The van der Waals surface area contributed by atoms with Crippen LogP contribution in [0.3, 0.4) is 0 Å². The van der Waals surface area contributed by atoms with E-state index in [0.29, 0.717) is 5.95 Å². The summed E-state index contributed by atoms with van der Waals surface area (Å²) in [4.78, 5) is 11.1. The third-order valence-corrected chi connectivity index (χ3v) is 3.30. The Hall–Kier alpha value is -1.40. The van der Waals surface area contributed by atoms with Crippen molar-refractivity contribution >= 4 is 11.8 Å². The minimum atomic E-state index is 0.0725. The number of nitrogens with one attached hydrogen (secondary N) is 2. The van der Waals surface area contributed by atoms with Crippen molar-refractivity contribution in [1.82, 2.24) is 15.3 Å². The molecule has 1 unspecified atom stereocenters. The van der Waals surface area contributed by atoms with Crippen LogP contribution in [0.1, 0.15) is 12.8 Å². The van der Waals surface area contributed by atoms with Gasteiger partial charge in [0.15, 0.2) is 0 Å². The highest BCUT2D eigenvalue weighted by Gasteiger charge is 2.17. The quantitative estimate of drug-likeness (QED) is 0.810. The molecule has 2 aliphatic rings. The van der Waals surface area contributed by atoms with E-state index >= 15 is 0 Å². The van der Waals surface area contributed by atoms with Gasteiger partial charge in [-0.25, -0.2) is 4.98 Å². The van der Waals surface area contributed by atoms with Gasteiger partial charge in [-0.05, 0) is 18.9 Å². The molecule has 1 aromatic rings. The third kappa shape index (κ3) is 2.70. The van der Waals surface area contributed by atoms with E-state index in [9.17, 15) is 0 Å². The Bertz CT molecular complexity index is 388. The van der Waals surface area contributed by atoms with E-state index in [1.54, 1.807) is 0 Å². The lowest BCUT2D eigenvalue weighted by Crippen LogP contribution is -2.44. The van der Waals surface area contributed by atoms with Crippen LogP contribution in [0.4, 0.5) is 11.8 Å². The molecule has 0 aliphatic carbocycles. The molecule has 6 nitrogen and oxygen atoms in total. The van der Waals surface area contributed by atoms with Gasteiger partial charge in [-0.3, -0.25) is 0 Å². The van der Waals surface area contributed by atoms with Crippen LogP contribution >= 0.6 is 0 Å². The van der Waals surface area contributed by atoms with E-state index in [1.807, 2.05) is 12.3 Å². The minimum absolute atomic E-state index is 0.0725. The van der Waals surface area contributed by atoms with Crippen molar-refractivity contribution in [2.45, 2.75) is 19.1 Å². The first kappa shape index (κ1) is 11.7. The first-order valence-corrected chi connectivity index (χ1v) is 6.59. The zero-order valence-corrected chi connectivity index (χ0v) is 10.4. The molecule has 0 radical (unpaired) electrons. The lowest BCUT2D eigenvalue weighted by molar-refractivity contribution is 0.131. The Morgan fingerprint density at radius 3 is 3.06 bits per heavy atom. The standard InChI is InChI=1S/C12H19N5O/c1-2-11(18-9-1)16-12-14-4-3-10(15-12)17-7-5-13-6-8-17/h3-4,11,13H,1-2,5-9H2,(H,14,15,16). The van der Waals surface area contributed by atoms with Gasteiger partial charge in [-0.1, -0.05) is 0 Å². The van der Waals surface area contributed by atoms with Crippen LogP contribution in [0, 0.1) is 0 Å². The second kappa shape index (κ2) is 5.49. The van der Waals surface area contributed by atoms with Crippen molar-refractivity contribution in [2.24, 2.45) is 0 Å². The number of rotatable bonds is 3. The molecule has 98 valence electrons. The molecule has 3 rings (SSSR count). The highest BCUT2D eigenvalue weighted by atomic mass is 16.5. The summed E-state index contributed by atoms with van der Waals surface area (Å²) in [6, 6.07) is 1.96. The molecule has 6 heteroatoms. The molecule has 2 fully saturated rings. The Balaban J connectivity index is 1.67. The lowest BCUT2D eigenvalue weighted by atomic mass is 10.3. The van der Waals surface area contributed by atoms with Crippen molar-refractivity contribution in [2.75, 3.05) is 43.0 Å². The number of aromatic nitrogens is 2. The fourth-order valence-electron chi connectivity index (χ4n) is 2.32. The molecule has 0 bridgehead atoms. The van der Waals surface area contributed by atoms with E-state index in [-0.39, 0.29) is 6.23 Å². The molecule has 18 heavy (non-hydrogen) atoms. The van der Waals surface area contributed by atoms with Gasteiger partial charge in [0.2, 0.25) is 5.95 Å². The van der Waals surface area contributed by atoms with Gasteiger partial charge in [0.05, 0.1) is 0 Å². The van der Waals surface area contributed by atoms with Crippen molar-refractivity contribution < 1.29 is 4.74 Å². The van der Waals surface area contributed by atoms with Crippen molar-refractivity contribution in [3.63, 3.8) is 0 Å². The van der Waals surface area contributed by atoms with Gasteiger partial charge in [0, 0.05) is 39.0 Å². The summed E-state index contributed by atoms with van der Waals surface area (Å²) < 4.78 is 5.53. The minimum Gasteiger partial charge on any atom is -0.359 e. The highest BCUT2D eigenvalue weighted by Crippen LogP contribution is 2.16. The molecule has 1 aromatic heterocycles. The zero-order valence-electron chi connectivity index (χ0n) is 10.4. The first-order chi connectivity index (χ1) is 8.92. The summed E-state index contributed by atoms with van der Waals surface area (Å²) in [5.41, 5.74) is 0. The van der Waals surface area contributed by atoms with E-state index in [4.69, 9.17) is 4.74 Å². The number of ether oxygens (including phenoxy) is 1. The Morgan fingerprint density at radius 1 is 1.39 bits per heavy atom. The largest absolute Gasteiger partial charge is 0.359 e. The van der Waals surface area contributed by atoms with Gasteiger partial charge in [-0.2, -0.15) is 4.98 Å². The maximum Gasteiger partial charge on any atom is 0.226 e. The molecule has 2 N–H and O–H groups in total. The van der Waals surface area contributed by atoms with Crippen LogP contribution in [0.15, 0.2) is 12.3 Å². The summed E-state index contributed by atoms with van der Waals surface area (Å²) in [6.07, 6.45) is 4.01. The molecule has 2 aliphatic heterocycles. The third-order valence-electron chi connectivity index (χ3n) is 3.30. The molecule has 1 atom stereocenters. The highest BCUT2D eigenvalue weighted by molar-refractivity contribution is 5.43. The summed E-state index contributed by atoms with van der Waals surface area (Å²) in [7, 11) is 0. The van der Waals surface area contributed by atoms with Crippen LogP contribution in [-0.2, 0) is 4.74 Å². The fourth-order valence-corrected chi connectivity index (χ4v) is 2.32. The maximum atomic E-state index is 5.53. The summed E-state index contributed by atoms with van der Waals surface area (Å²) in [6.45, 7) is 4.85.